The van der Waals surface area contributed by atoms with Crippen molar-refractivity contribution in [2.75, 3.05) is 25.1 Å². The number of rotatable bonds is 2. The van der Waals surface area contributed by atoms with Crippen molar-refractivity contribution < 1.29 is 18.0 Å². The molecule has 0 aromatic rings. The van der Waals surface area contributed by atoms with Crippen LogP contribution < -0.4 is 5.32 Å². The molecule has 0 saturated carbocycles. The summed E-state index contributed by atoms with van der Waals surface area (Å²) >= 11 is 0. The summed E-state index contributed by atoms with van der Waals surface area (Å²) in [6, 6.07) is -0.208. The highest BCUT2D eigenvalue weighted by atomic mass is 32.2. The third-order valence-electron chi connectivity index (χ3n) is 3.72. The summed E-state index contributed by atoms with van der Waals surface area (Å²) in [5.74, 6) is -0.0661. The van der Waals surface area contributed by atoms with Gasteiger partial charge in [-0.2, -0.15) is 0 Å². The molecular weight excluding hydrogens is 256 g/mol. The Kier molecular flexibility index (Phi) is 3.61. The lowest BCUT2D eigenvalue weighted by Crippen LogP contribution is -2.47. The van der Waals surface area contributed by atoms with E-state index < -0.39 is 9.84 Å². The van der Waals surface area contributed by atoms with Gasteiger partial charge < -0.3 is 10.2 Å². The molecule has 2 amide bonds. The van der Waals surface area contributed by atoms with Crippen LogP contribution in [0.4, 0.5) is 0 Å². The zero-order chi connectivity index (χ0) is 13.3. The molecule has 2 atom stereocenters. The highest BCUT2D eigenvalue weighted by Gasteiger charge is 2.35. The summed E-state index contributed by atoms with van der Waals surface area (Å²) in [6.07, 6.45) is 1.44. The summed E-state index contributed by atoms with van der Waals surface area (Å²) in [5, 5.41) is 2.67. The van der Waals surface area contributed by atoms with E-state index in [0.29, 0.717) is 25.8 Å². The van der Waals surface area contributed by atoms with Crippen LogP contribution >= 0.6 is 0 Å². The number of hydrogen-bond donors (Lipinski definition) is 1. The second-order valence-electron chi connectivity index (χ2n) is 5.05. The Morgan fingerprint density at radius 1 is 1.39 bits per heavy atom. The number of nitrogens with one attached hydrogen (secondary N) is 1. The molecule has 2 rings (SSSR count). The molecule has 0 spiro atoms. The fraction of sp³-hybridized carbons (Fsp3) is 0.818. The van der Waals surface area contributed by atoms with Crippen LogP contribution in [0.5, 0.6) is 0 Å². The van der Waals surface area contributed by atoms with E-state index in [9.17, 15) is 18.0 Å². The Labute approximate surface area is 107 Å². The first-order valence-electron chi connectivity index (χ1n) is 6.13. The van der Waals surface area contributed by atoms with Crippen LogP contribution in [-0.2, 0) is 19.4 Å². The summed E-state index contributed by atoms with van der Waals surface area (Å²) in [4.78, 5) is 24.8. The molecule has 0 aromatic heterocycles. The molecule has 2 fully saturated rings. The number of carbonyl (C=O) groups is 2. The van der Waals surface area contributed by atoms with Gasteiger partial charge in [0.1, 0.15) is 0 Å². The van der Waals surface area contributed by atoms with Crippen molar-refractivity contribution in [3.05, 3.63) is 0 Å². The van der Waals surface area contributed by atoms with Crippen molar-refractivity contribution in [1.82, 2.24) is 10.2 Å². The van der Waals surface area contributed by atoms with Gasteiger partial charge in [-0.1, -0.05) is 0 Å². The zero-order valence-corrected chi connectivity index (χ0v) is 11.2. The Morgan fingerprint density at radius 2 is 2.11 bits per heavy atom. The maximum Gasteiger partial charge on any atom is 0.227 e. The average molecular weight is 274 g/mol. The second kappa shape index (κ2) is 4.87. The van der Waals surface area contributed by atoms with Gasteiger partial charge in [0.05, 0.1) is 17.4 Å². The third-order valence-corrected chi connectivity index (χ3v) is 5.47. The predicted octanol–water partition coefficient (Wildman–Crippen LogP) is -0.842. The third kappa shape index (κ3) is 2.82. The van der Waals surface area contributed by atoms with E-state index in [0.717, 1.165) is 0 Å². The maximum atomic E-state index is 12.2. The fourth-order valence-electron chi connectivity index (χ4n) is 2.49. The maximum absolute atomic E-state index is 12.2. The Hall–Kier alpha value is -1.11. The van der Waals surface area contributed by atoms with Crippen molar-refractivity contribution >= 4 is 21.7 Å². The Balaban J connectivity index is 1.95. The summed E-state index contributed by atoms with van der Waals surface area (Å²) in [6.45, 7) is 0.363. The number of sulfone groups is 1. The number of carbonyl (C=O) groups excluding carboxylic acids is 2. The molecular formula is C11H18N2O4S. The molecule has 2 aliphatic heterocycles. The van der Waals surface area contributed by atoms with Crippen LogP contribution in [0.25, 0.3) is 0 Å². The van der Waals surface area contributed by atoms with Crippen LogP contribution in [0.2, 0.25) is 0 Å². The Bertz CT molecular complexity index is 450. The highest BCUT2D eigenvalue weighted by Crippen LogP contribution is 2.20. The minimum absolute atomic E-state index is 0.0230. The van der Waals surface area contributed by atoms with Crippen molar-refractivity contribution in [3.63, 3.8) is 0 Å². The molecule has 2 saturated heterocycles. The molecule has 2 aliphatic rings. The number of hydrogen-bond acceptors (Lipinski definition) is 4. The van der Waals surface area contributed by atoms with E-state index in [1.165, 1.54) is 0 Å². The lowest BCUT2D eigenvalue weighted by molar-refractivity contribution is -0.137. The lowest BCUT2D eigenvalue weighted by Gasteiger charge is -2.30. The number of amides is 2. The molecule has 0 aliphatic carbocycles. The lowest BCUT2D eigenvalue weighted by atomic mass is 9.97. The van der Waals surface area contributed by atoms with Gasteiger partial charge in [0, 0.05) is 26.1 Å². The van der Waals surface area contributed by atoms with E-state index in [4.69, 9.17) is 0 Å². The predicted molar refractivity (Wildman–Crippen MR) is 65.6 cm³/mol. The Morgan fingerprint density at radius 3 is 2.61 bits per heavy atom. The van der Waals surface area contributed by atoms with Gasteiger partial charge in [-0.25, -0.2) is 8.42 Å². The summed E-state index contributed by atoms with van der Waals surface area (Å²) < 4.78 is 22.8. The summed E-state index contributed by atoms with van der Waals surface area (Å²) in [5.41, 5.74) is 0. The van der Waals surface area contributed by atoms with E-state index in [-0.39, 0.29) is 35.3 Å². The minimum atomic E-state index is -2.98. The van der Waals surface area contributed by atoms with Crippen LogP contribution in [0, 0.1) is 5.92 Å². The van der Waals surface area contributed by atoms with E-state index in [2.05, 4.69) is 5.32 Å². The van der Waals surface area contributed by atoms with Crippen molar-refractivity contribution in [2.45, 2.75) is 25.3 Å². The highest BCUT2D eigenvalue weighted by molar-refractivity contribution is 7.91. The van der Waals surface area contributed by atoms with Crippen molar-refractivity contribution in [1.29, 1.82) is 0 Å². The first-order chi connectivity index (χ1) is 8.39. The van der Waals surface area contributed by atoms with E-state index >= 15 is 0 Å². The van der Waals surface area contributed by atoms with Crippen LogP contribution in [0.3, 0.4) is 0 Å². The molecule has 18 heavy (non-hydrogen) atoms. The SMILES string of the molecule is CN(C(=O)C1CCC(=O)NC1)C1CCS(=O)(=O)C1. The normalized spacial score (nSPS) is 30.8. The van der Waals surface area contributed by atoms with E-state index in [1.54, 1.807) is 11.9 Å². The quantitative estimate of drug-likeness (QED) is 0.711. The van der Waals surface area contributed by atoms with Crippen LogP contribution in [-0.4, -0.2) is 56.3 Å². The van der Waals surface area contributed by atoms with Crippen LogP contribution in [0.15, 0.2) is 0 Å². The molecule has 0 radical (unpaired) electrons. The monoisotopic (exact) mass is 274 g/mol. The first kappa shape index (κ1) is 13.3. The van der Waals surface area contributed by atoms with Gasteiger partial charge in [0.2, 0.25) is 11.8 Å². The van der Waals surface area contributed by atoms with Gasteiger partial charge in [0.15, 0.2) is 9.84 Å². The standard InChI is InChI=1S/C11H18N2O4S/c1-13(9-4-5-18(16,17)7-9)11(15)8-2-3-10(14)12-6-8/h8-9H,2-7H2,1H3,(H,12,14). The largest absolute Gasteiger partial charge is 0.355 e. The smallest absolute Gasteiger partial charge is 0.227 e. The molecule has 0 bridgehead atoms. The molecule has 6 nitrogen and oxygen atoms in total. The molecule has 7 heteroatoms. The number of piperidine rings is 1. The van der Waals surface area contributed by atoms with Crippen LogP contribution in [0.1, 0.15) is 19.3 Å². The van der Waals surface area contributed by atoms with Gasteiger partial charge >= 0.3 is 0 Å². The van der Waals surface area contributed by atoms with Crippen molar-refractivity contribution in [3.8, 4) is 0 Å². The fourth-order valence-corrected chi connectivity index (χ4v) is 4.27. The minimum Gasteiger partial charge on any atom is -0.355 e. The molecule has 2 unspecified atom stereocenters. The first-order valence-corrected chi connectivity index (χ1v) is 7.95. The topological polar surface area (TPSA) is 83.6 Å². The van der Waals surface area contributed by atoms with Gasteiger partial charge in [-0.05, 0) is 12.8 Å². The van der Waals surface area contributed by atoms with Gasteiger partial charge in [-0.15, -0.1) is 0 Å². The average Bonchev–Trinajstić information content (AvgIpc) is 2.69. The van der Waals surface area contributed by atoms with Crippen molar-refractivity contribution in [2.24, 2.45) is 5.92 Å². The molecule has 102 valence electrons. The molecule has 1 N–H and O–H groups in total. The molecule has 2 heterocycles. The van der Waals surface area contributed by atoms with E-state index in [1.807, 2.05) is 0 Å². The number of nitrogens with zero attached hydrogens (tertiary/aromatic N) is 1. The molecule has 0 aromatic carbocycles. The van der Waals surface area contributed by atoms with Gasteiger partial charge in [-0.3, -0.25) is 9.59 Å². The zero-order valence-electron chi connectivity index (χ0n) is 10.4. The second-order valence-corrected chi connectivity index (χ2v) is 7.27. The van der Waals surface area contributed by atoms with Gasteiger partial charge in [0.25, 0.3) is 0 Å². The summed E-state index contributed by atoms with van der Waals surface area (Å²) in [7, 11) is -1.32.